The SMILES string of the molecule is CC(Cc1ccc(C#N)cc1)NCC1CNc2cc(-c3cnn(C)c3)cnc2O1. The highest BCUT2D eigenvalue weighted by Gasteiger charge is 2.21. The Morgan fingerprint density at radius 2 is 2.14 bits per heavy atom. The second-order valence-electron chi connectivity index (χ2n) is 7.42. The zero-order chi connectivity index (χ0) is 20.2. The molecule has 0 aliphatic carbocycles. The predicted molar refractivity (Wildman–Crippen MR) is 112 cm³/mol. The van der Waals surface area contributed by atoms with E-state index in [9.17, 15) is 0 Å². The summed E-state index contributed by atoms with van der Waals surface area (Å²) >= 11 is 0. The molecule has 0 bridgehead atoms. The highest BCUT2D eigenvalue weighted by atomic mass is 16.5. The Bertz CT molecular complexity index is 1020. The lowest BCUT2D eigenvalue weighted by molar-refractivity contribution is 0.189. The zero-order valence-electron chi connectivity index (χ0n) is 16.6. The maximum atomic E-state index is 8.89. The number of nitrogens with zero attached hydrogens (tertiary/aromatic N) is 4. The first-order valence-corrected chi connectivity index (χ1v) is 9.73. The number of nitriles is 1. The van der Waals surface area contributed by atoms with Crippen molar-refractivity contribution in [1.29, 1.82) is 5.26 Å². The predicted octanol–water partition coefficient (Wildman–Crippen LogP) is 2.75. The van der Waals surface area contributed by atoms with Gasteiger partial charge in [0.15, 0.2) is 0 Å². The fourth-order valence-electron chi connectivity index (χ4n) is 3.41. The normalized spacial score (nSPS) is 16.2. The smallest absolute Gasteiger partial charge is 0.237 e. The number of nitrogens with one attached hydrogen (secondary N) is 2. The third kappa shape index (κ3) is 4.55. The average Bonchev–Trinajstić information content (AvgIpc) is 3.18. The molecule has 148 valence electrons. The number of hydrogen-bond acceptors (Lipinski definition) is 6. The third-order valence-electron chi connectivity index (χ3n) is 5.01. The van der Waals surface area contributed by atoms with Gasteiger partial charge in [0, 0.05) is 43.2 Å². The molecule has 2 aromatic heterocycles. The summed E-state index contributed by atoms with van der Waals surface area (Å²) in [6, 6.07) is 12.2. The maximum absolute atomic E-state index is 8.89. The van der Waals surface area contributed by atoms with Gasteiger partial charge in [-0.1, -0.05) is 12.1 Å². The molecule has 0 radical (unpaired) electrons. The quantitative estimate of drug-likeness (QED) is 0.675. The van der Waals surface area contributed by atoms with Crippen molar-refractivity contribution in [2.45, 2.75) is 25.5 Å². The molecule has 1 aliphatic rings. The Morgan fingerprint density at radius 3 is 2.86 bits per heavy atom. The first kappa shape index (κ1) is 19.0. The minimum atomic E-state index is 0.0163. The summed E-state index contributed by atoms with van der Waals surface area (Å²) in [7, 11) is 1.90. The van der Waals surface area contributed by atoms with Crippen molar-refractivity contribution in [1.82, 2.24) is 20.1 Å². The van der Waals surface area contributed by atoms with Crippen molar-refractivity contribution in [2.75, 3.05) is 18.4 Å². The zero-order valence-corrected chi connectivity index (χ0v) is 16.6. The van der Waals surface area contributed by atoms with E-state index in [1.807, 2.05) is 49.9 Å². The summed E-state index contributed by atoms with van der Waals surface area (Å²) in [5, 5.41) is 20.1. The van der Waals surface area contributed by atoms with Crippen LogP contribution in [0.25, 0.3) is 11.1 Å². The first-order valence-electron chi connectivity index (χ1n) is 9.73. The van der Waals surface area contributed by atoms with Crippen LogP contribution in [0.5, 0.6) is 5.88 Å². The number of aromatic nitrogens is 3. The van der Waals surface area contributed by atoms with Gasteiger partial charge in [0.2, 0.25) is 5.88 Å². The van der Waals surface area contributed by atoms with Crippen LogP contribution in [0.15, 0.2) is 48.9 Å². The largest absolute Gasteiger partial charge is 0.470 e. The van der Waals surface area contributed by atoms with Crippen LogP contribution >= 0.6 is 0 Å². The van der Waals surface area contributed by atoms with Crippen LogP contribution in [0.1, 0.15) is 18.1 Å². The molecule has 3 aromatic rings. The molecule has 3 heterocycles. The highest BCUT2D eigenvalue weighted by molar-refractivity contribution is 5.69. The molecule has 2 unspecified atom stereocenters. The van der Waals surface area contributed by atoms with Crippen molar-refractivity contribution in [3.63, 3.8) is 0 Å². The Kier molecular flexibility index (Phi) is 5.45. The standard InChI is InChI=1S/C22H24N6O/c1-15(7-16-3-5-17(9-23)6-4-16)24-12-20-13-25-21-8-18(10-26-22(21)29-20)19-11-27-28(2)14-19/h3-6,8,10-11,14-15,20,24-25H,7,12-13H2,1-2H3. The van der Waals surface area contributed by atoms with Gasteiger partial charge < -0.3 is 15.4 Å². The van der Waals surface area contributed by atoms with Gasteiger partial charge in [0.1, 0.15) is 6.10 Å². The molecule has 1 aromatic carbocycles. The Hall–Kier alpha value is -3.37. The van der Waals surface area contributed by atoms with Gasteiger partial charge in [-0.25, -0.2) is 4.98 Å². The number of anilines is 1. The number of ether oxygens (including phenoxy) is 1. The van der Waals surface area contributed by atoms with E-state index >= 15 is 0 Å². The Morgan fingerprint density at radius 1 is 1.31 bits per heavy atom. The molecule has 4 rings (SSSR count). The van der Waals surface area contributed by atoms with Gasteiger partial charge in [0.05, 0.1) is 30.1 Å². The molecule has 7 heteroatoms. The number of benzene rings is 1. The lowest BCUT2D eigenvalue weighted by Crippen LogP contribution is -2.43. The highest BCUT2D eigenvalue weighted by Crippen LogP contribution is 2.31. The van der Waals surface area contributed by atoms with E-state index in [1.54, 1.807) is 4.68 Å². The van der Waals surface area contributed by atoms with Gasteiger partial charge in [-0.2, -0.15) is 10.4 Å². The molecule has 0 fully saturated rings. The molecule has 0 saturated carbocycles. The van der Waals surface area contributed by atoms with Crippen molar-refractivity contribution in [3.05, 3.63) is 60.0 Å². The molecule has 29 heavy (non-hydrogen) atoms. The van der Waals surface area contributed by atoms with Crippen molar-refractivity contribution in [2.24, 2.45) is 7.05 Å². The van der Waals surface area contributed by atoms with Crippen LogP contribution < -0.4 is 15.4 Å². The van der Waals surface area contributed by atoms with E-state index in [0.717, 1.165) is 36.3 Å². The molecular weight excluding hydrogens is 364 g/mol. The number of pyridine rings is 1. The second kappa shape index (κ2) is 8.33. The summed E-state index contributed by atoms with van der Waals surface area (Å²) in [5.74, 6) is 0.635. The summed E-state index contributed by atoms with van der Waals surface area (Å²) in [6.45, 7) is 3.61. The van der Waals surface area contributed by atoms with Gasteiger partial charge in [-0.15, -0.1) is 0 Å². The lowest BCUT2D eigenvalue weighted by atomic mass is 10.1. The summed E-state index contributed by atoms with van der Waals surface area (Å²) in [4.78, 5) is 4.49. The monoisotopic (exact) mass is 388 g/mol. The lowest BCUT2D eigenvalue weighted by Gasteiger charge is -2.28. The third-order valence-corrected chi connectivity index (χ3v) is 5.01. The second-order valence-corrected chi connectivity index (χ2v) is 7.42. The van der Waals surface area contributed by atoms with Gasteiger partial charge in [0.25, 0.3) is 0 Å². The van der Waals surface area contributed by atoms with Crippen LogP contribution in [0, 0.1) is 11.3 Å². The van der Waals surface area contributed by atoms with E-state index in [2.05, 4.69) is 39.8 Å². The minimum absolute atomic E-state index is 0.0163. The average molecular weight is 388 g/mol. The molecule has 0 saturated heterocycles. The molecule has 1 aliphatic heterocycles. The van der Waals surface area contributed by atoms with Gasteiger partial charge >= 0.3 is 0 Å². The van der Waals surface area contributed by atoms with Crippen LogP contribution in [0.4, 0.5) is 5.69 Å². The van der Waals surface area contributed by atoms with Crippen molar-refractivity contribution < 1.29 is 4.74 Å². The maximum Gasteiger partial charge on any atom is 0.237 e. The number of aryl methyl sites for hydroxylation is 1. The fraction of sp³-hybridized carbons (Fsp3) is 0.318. The van der Waals surface area contributed by atoms with Crippen LogP contribution in [-0.4, -0.2) is 40.0 Å². The minimum Gasteiger partial charge on any atom is -0.470 e. The molecule has 7 nitrogen and oxygen atoms in total. The summed E-state index contributed by atoms with van der Waals surface area (Å²) in [5.41, 5.74) is 4.86. The number of fused-ring (bicyclic) bond motifs is 1. The topological polar surface area (TPSA) is 87.8 Å². The molecule has 0 amide bonds. The van der Waals surface area contributed by atoms with E-state index < -0.39 is 0 Å². The van der Waals surface area contributed by atoms with E-state index in [4.69, 9.17) is 10.00 Å². The molecule has 2 N–H and O–H groups in total. The van der Waals surface area contributed by atoms with Crippen LogP contribution in [0.3, 0.4) is 0 Å². The molecule has 2 atom stereocenters. The molecule has 0 spiro atoms. The van der Waals surface area contributed by atoms with Gasteiger partial charge in [-0.3, -0.25) is 4.68 Å². The first-order chi connectivity index (χ1) is 14.1. The van der Waals surface area contributed by atoms with Gasteiger partial charge in [-0.05, 0) is 37.1 Å². The molecular formula is C22H24N6O. The fourth-order valence-corrected chi connectivity index (χ4v) is 3.41. The number of rotatable bonds is 6. The number of hydrogen-bond donors (Lipinski definition) is 2. The van der Waals surface area contributed by atoms with Crippen LogP contribution in [-0.2, 0) is 13.5 Å². The van der Waals surface area contributed by atoms with Crippen molar-refractivity contribution >= 4 is 5.69 Å². The van der Waals surface area contributed by atoms with E-state index in [0.29, 0.717) is 17.5 Å². The summed E-state index contributed by atoms with van der Waals surface area (Å²) in [6.07, 6.45) is 6.53. The van der Waals surface area contributed by atoms with E-state index in [-0.39, 0.29) is 6.10 Å². The van der Waals surface area contributed by atoms with E-state index in [1.165, 1.54) is 5.56 Å². The van der Waals surface area contributed by atoms with Crippen LogP contribution in [0.2, 0.25) is 0 Å². The Balaban J connectivity index is 1.31. The Labute approximate surface area is 170 Å². The van der Waals surface area contributed by atoms with Crippen molar-refractivity contribution in [3.8, 4) is 23.1 Å². The summed E-state index contributed by atoms with van der Waals surface area (Å²) < 4.78 is 7.84.